The highest BCUT2D eigenvalue weighted by atomic mass is 31.1. The van der Waals surface area contributed by atoms with Gasteiger partial charge < -0.3 is 16.4 Å². The molecule has 0 saturated heterocycles. The van der Waals surface area contributed by atoms with E-state index in [2.05, 4.69) is 44.6 Å². The first kappa shape index (κ1) is 17.9. The summed E-state index contributed by atoms with van der Waals surface area (Å²) in [5, 5.41) is 6.57. The number of hydrogen-bond acceptors (Lipinski definition) is 3. The standard InChI is InChI=1S/C14H32N3P/c1-6-14(12(3)13(4)17-7-2)8-9-18(5)11-16-10-15/h7,12-14,16-17H,2,6,8-11,15H2,1,3-5H3. The molecule has 0 fully saturated rings. The molecule has 0 saturated carbocycles. The maximum absolute atomic E-state index is 5.46. The molecule has 0 aromatic rings. The second kappa shape index (κ2) is 10.8. The van der Waals surface area contributed by atoms with Crippen molar-refractivity contribution in [3.63, 3.8) is 0 Å². The molecule has 4 unspecified atom stereocenters. The molecule has 0 rings (SSSR count). The van der Waals surface area contributed by atoms with E-state index in [1.165, 1.54) is 19.0 Å². The summed E-state index contributed by atoms with van der Waals surface area (Å²) in [7, 11) is 0.0917. The maximum Gasteiger partial charge on any atom is 0.0431 e. The Labute approximate surface area is 115 Å². The molecule has 4 heteroatoms. The Bertz CT molecular complexity index is 211. The Balaban J connectivity index is 4.05. The molecular weight excluding hydrogens is 241 g/mol. The minimum atomic E-state index is 0.0917. The fourth-order valence-electron chi connectivity index (χ4n) is 2.31. The van der Waals surface area contributed by atoms with Crippen molar-refractivity contribution in [1.82, 2.24) is 10.6 Å². The lowest BCUT2D eigenvalue weighted by atomic mass is 9.84. The number of nitrogens with two attached hydrogens (primary N) is 1. The van der Waals surface area contributed by atoms with Gasteiger partial charge in [-0.05, 0) is 44.2 Å². The van der Waals surface area contributed by atoms with Gasteiger partial charge in [-0.15, -0.1) is 0 Å². The van der Waals surface area contributed by atoms with E-state index < -0.39 is 0 Å². The van der Waals surface area contributed by atoms with Crippen molar-refractivity contribution < 1.29 is 0 Å². The molecule has 0 amide bonds. The molecule has 0 heterocycles. The Morgan fingerprint density at radius 2 is 2.06 bits per heavy atom. The second-order valence-electron chi connectivity index (χ2n) is 5.17. The average Bonchev–Trinajstić information content (AvgIpc) is 2.36. The highest BCUT2D eigenvalue weighted by Gasteiger charge is 2.20. The normalized spacial score (nSPS) is 17.8. The largest absolute Gasteiger partial charge is 0.389 e. The molecule has 0 radical (unpaired) electrons. The molecule has 0 aliphatic carbocycles. The van der Waals surface area contributed by atoms with Gasteiger partial charge in [0.2, 0.25) is 0 Å². The predicted octanol–water partition coefficient (Wildman–Crippen LogP) is 2.74. The summed E-state index contributed by atoms with van der Waals surface area (Å²) in [6, 6.07) is 0.512. The third-order valence-corrected chi connectivity index (χ3v) is 5.63. The van der Waals surface area contributed by atoms with E-state index in [1.807, 2.05) is 6.20 Å². The third-order valence-electron chi connectivity index (χ3n) is 3.85. The SMILES string of the molecule is C=CNC(C)C(C)C(CC)CCP(C)CNCN. The van der Waals surface area contributed by atoms with Crippen LogP contribution in [-0.2, 0) is 0 Å². The molecule has 0 spiro atoms. The smallest absolute Gasteiger partial charge is 0.0431 e. The van der Waals surface area contributed by atoms with Crippen LogP contribution in [0, 0.1) is 11.8 Å². The van der Waals surface area contributed by atoms with Crippen LogP contribution in [0.25, 0.3) is 0 Å². The van der Waals surface area contributed by atoms with Crippen LogP contribution in [-0.4, -0.2) is 31.8 Å². The van der Waals surface area contributed by atoms with Crippen LogP contribution in [0.15, 0.2) is 12.8 Å². The monoisotopic (exact) mass is 273 g/mol. The van der Waals surface area contributed by atoms with Gasteiger partial charge in [0.1, 0.15) is 0 Å². The Hall–Kier alpha value is -0.110. The lowest BCUT2D eigenvalue weighted by Gasteiger charge is -2.29. The summed E-state index contributed by atoms with van der Waals surface area (Å²) in [6.07, 6.45) is 6.84. The predicted molar refractivity (Wildman–Crippen MR) is 85.1 cm³/mol. The molecule has 4 atom stereocenters. The quantitative estimate of drug-likeness (QED) is 0.401. The molecule has 18 heavy (non-hydrogen) atoms. The van der Waals surface area contributed by atoms with Gasteiger partial charge in [-0.2, -0.15) is 0 Å². The number of rotatable bonds is 11. The second-order valence-corrected chi connectivity index (χ2v) is 7.64. The molecule has 3 nitrogen and oxygen atoms in total. The summed E-state index contributed by atoms with van der Waals surface area (Å²) in [5.41, 5.74) is 5.46. The van der Waals surface area contributed by atoms with Gasteiger partial charge in [0.05, 0.1) is 0 Å². The van der Waals surface area contributed by atoms with Crippen LogP contribution in [0.1, 0.15) is 33.6 Å². The first-order valence-electron chi connectivity index (χ1n) is 7.03. The fourth-order valence-corrected chi connectivity index (χ4v) is 3.75. The summed E-state index contributed by atoms with van der Waals surface area (Å²) in [5.74, 6) is 1.49. The third kappa shape index (κ3) is 7.35. The molecule has 0 aliphatic heterocycles. The van der Waals surface area contributed by atoms with Crippen LogP contribution >= 0.6 is 7.92 Å². The van der Waals surface area contributed by atoms with Crippen LogP contribution in [0.2, 0.25) is 0 Å². The van der Waals surface area contributed by atoms with Crippen molar-refractivity contribution in [2.24, 2.45) is 17.6 Å². The van der Waals surface area contributed by atoms with E-state index in [4.69, 9.17) is 5.73 Å². The number of nitrogens with one attached hydrogen (secondary N) is 2. The topological polar surface area (TPSA) is 50.1 Å². The molecule has 0 aromatic carbocycles. The molecule has 0 bridgehead atoms. The van der Waals surface area contributed by atoms with Crippen LogP contribution in [0.5, 0.6) is 0 Å². The molecule has 0 aromatic heterocycles. The highest BCUT2D eigenvalue weighted by Crippen LogP contribution is 2.33. The van der Waals surface area contributed by atoms with E-state index in [0.29, 0.717) is 18.6 Å². The highest BCUT2D eigenvalue weighted by molar-refractivity contribution is 7.56. The van der Waals surface area contributed by atoms with E-state index >= 15 is 0 Å². The van der Waals surface area contributed by atoms with Crippen molar-refractivity contribution in [3.8, 4) is 0 Å². The molecule has 0 aliphatic rings. The Morgan fingerprint density at radius 1 is 1.39 bits per heavy atom. The summed E-state index contributed by atoms with van der Waals surface area (Å²) in [6.45, 7) is 13.6. The average molecular weight is 273 g/mol. The van der Waals surface area contributed by atoms with Gasteiger partial charge in [0, 0.05) is 19.0 Å². The summed E-state index contributed by atoms with van der Waals surface area (Å²) >= 11 is 0. The van der Waals surface area contributed by atoms with Crippen molar-refractivity contribution in [3.05, 3.63) is 12.8 Å². The fraction of sp³-hybridized carbons (Fsp3) is 0.857. The van der Waals surface area contributed by atoms with Crippen molar-refractivity contribution in [2.75, 3.05) is 25.8 Å². The number of hydrogen-bond donors (Lipinski definition) is 3. The summed E-state index contributed by atoms with van der Waals surface area (Å²) in [4.78, 5) is 0. The van der Waals surface area contributed by atoms with Crippen LogP contribution in [0.3, 0.4) is 0 Å². The summed E-state index contributed by atoms with van der Waals surface area (Å²) < 4.78 is 0. The molecule has 108 valence electrons. The van der Waals surface area contributed by atoms with E-state index in [0.717, 1.165) is 12.2 Å². The van der Waals surface area contributed by atoms with Crippen LogP contribution in [0.4, 0.5) is 0 Å². The zero-order valence-corrected chi connectivity index (χ0v) is 13.5. The Morgan fingerprint density at radius 3 is 2.56 bits per heavy atom. The van der Waals surface area contributed by atoms with Gasteiger partial charge in [0.25, 0.3) is 0 Å². The van der Waals surface area contributed by atoms with Crippen molar-refractivity contribution >= 4 is 7.92 Å². The zero-order valence-electron chi connectivity index (χ0n) is 12.6. The van der Waals surface area contributed by atoms with E-state index in [9.17, 15) is 0 Å². The minimum Gasteiger partial charge on any atom is -0.389 e. The zero-order chi connectivity index (χ0) is 14.0. The van der Waals surface area contributed by atoms with E-state index in [-0.39, 0.29) is 7.92 Å². The van der Waals surface area contributed by atoms with Crippen molar-refractivity contribution in [2.45, 2.75) is 39.7 Å². The van der Waals surface area contributed by atoms with E-state index in [1.54, 1.807) is 0 Å². The lowest BCUT2D eigenvalue weighted by Crippen LogP contribution is -2.33. The van der Waals surface area contributed by atoms with Gasteiger partial charge in [-0.25, -0.2) is 0 Å². The van der Waals surface area contributed by atoms with Gasteiger partial charge in [0.15, 0.2) is 0 Å². The first-order chi connectivity index (χ1) is 8.56. The lowest BCUT2D eigenvalue weighted by molar-refractivity contribution is 0.281. The van der Waals surface area contributed by atoms with Gasteiger partial charge in [-0.3, -0.25) is 0 Å². The molecular formula is C14H32N3P. The van der Waals surface area contributed by atoms with Crippen molar-refractivity contribution in [1.29, 1.82) is 0 Å². The minimum absolute atomic E-state index is 0.0917. The maximum atomic E-state index is 5.46. The van der Waals surface area contributed by atoms with Gasteiger partial charge >= 0.3 is 0 Å². The Kier molecular flexibility index (Phi) is 10.7. The first-order valence-corrected chi connectivity index (χ1v) is 9.18. The van der Waals surface area contributed by atoms with Crippen LogP contribution < -0.4 is 16.4 Å². The van der Waals surface area contributed by atoms with Gasteiger partial charge in [-0.1, -0.05) is 34.8 Å². The molecule has 4 N–H and O–H groups in total.